The number of carbonyl (C=O) groups is 1. The number of hydrogen-bond acceptors (Lipinski definition) is 5. The molecule has 7 nitrogen and oxygen atoms in total. The third-order valence-electron chi connectivity index (χ3n) is 6.82. The number of rotatable bonds is 8. The largest absolute Gasteiger partial charge is 0.493 e. The maximum atomic E-state index is 13.7. The first-order valence-electron chi connectivity index (χ1n) is 12.6. The van der Waals surface area contributed by atoms with Gasteiger partial charge in [-0.2, -0.15) is 0 Å². The lowest BCUT2D eigenvalue weighted by molar-refractivity contribution is 0.0916. The number of fused-ring (bicyclic) bond motifs is 4. The summed E-state index contributed by atoms with van der Waals surface area (Å²) < 4.78 is 17.1. The molecule has 0 fully saturated rings. The predicted octanol–water partition coefficient (Wildman–Crippen LogP) is 5.50. The SMILES string of the molecule is COc1cc2c(cc1OC)-c1cc(C(=O)N[C@@H](CO)Cc3c[nH]c4ccccc34)c(C=C(C)C)cc1OC2. The molecule has 0 spiro atoms. The van der Waals surface area contributed by atoms with Gasteiger partial charge in [-0.15, -0.1) is 0 Å². The highest BCUT2D eigenvalue weighted by Gasteiger charge is 2.25. The molecule has 38 heavy (non-hydrogen) atoms. The maximum Gasteiger partial charge on any atom is 0.252 e. The molecule has 1 aliphatic heterocycles. The molecule has 1 aromatic heterocycles. The van der Waals surface area contributed by atoms with E-state index >= 15 is 0 Å². The van der Waals surface area contributed by atoms with Gasteiger partial charge in [0.05, 0.1) is 26.9 Å². The number of methoxy groups -OCH3 is 2. The molecule has 0 unspecified atom stereocenters. The van der Waals surface area contributed by atoms with Crippen molar-refractivity contribution in [3.63, 3.8) is 0 Å². The van der Waals surface area contributed by atoms with Crippen LogP contribution in [0.25, 0.3) is 28.1 Å². The number of hydrogen-bond donors (Lipinski definition) is 3. The van der Waals surface area contributed by atoms with Gasteiger partial charge in [0.25, 0.3) is 5.91 Å². The van der Waals surface area contributed by atoms with E-state index in [1.54, 1.807) is 14.2 Å². The van der Waals surface area contributed by atoms with E-state index in [4.69, 9.17) is 14.2 Å². The normalized spacial score (nSPS) is 12.7. The van der Waals surface area contributed by atoms with Gasteiger partial charge in [-0.25, -0.2) is 0 Å². The first-order valence-corrected chi connectivity index (χ1v) is 12.6. The van der Waals surface area contributed by atoms with Crippen molar-refractivity contribution in [3.8, 4) is 28.4 Å². The molecule has 1 amide bonds. The number of nitrogens with one attached hydrogen (secondary N) is 2. The van der Waals surface area contributed by atoms with E-state index < -0.39 is 6.04 Å². The van der Waals surface area contributed by atoms with Crippen LogP contribution >= 0.6 is 0 Å². The van der Waals surface area contributed by atoms with Crippen molar-refractivity contribution in [2.24, 2.45) is 0 Å². The lowest BCUT2D eigenvalue weighted by atomic mass is 9.91. The summed E-state index contributed by atoms with van der Waals surface area (Å²) in [4.78, 5) is 16.9. The Morgan fingerprint density at radius 1 is 1.11 bits per heavy atom. The maximum absolute atomic E-state index is 13.7. The average molecular weight is 513 g/mol. The molecule has 0 radical (unpaired) electrons. The smallest absolute Gasteiger partial charge is 0.252 e. The molecule has 196 valence electrons. The summed E-state index contributed by atoms with van der Waals surface area (Å²) in [5, 5.41) is 14.3. The molecule has 0 saturated heterocycles. The van der Waals surface area contributed by atoms with Crippen LogP contribution in [-0.4, -0.2) is 42.9 Å². The Kier molecular flexibility index (Phi) is 7.11. The molecular formula is C31H32N2O5. The van der Waals surface area contributed by atoms with Gasteiger partial charge in [0.15, 0.2) is 11.5 Å². The van der Waals surface area contributed by atoms with Gasteiger partial charge in [-0.3, -0.25) is 4.79 Å². The number of benzene rings is 3. The number of aromatic amines is 1. The van der Waals surface area contributed by atoms with Crippen molar-refractivity contribution >= 4 is 22.9 Å². The Balaban J connectivity index is 1.51. The second kappa shape index (κ2) is 10.6. The fraction of sp³-hybridized carbons (Fsp3) is 0.258. The number of amides is 1. The van der Waals surface area contributed by atoms with Crippen LogP contribution in [0.3, 0.4) is 0 Å². The van der Waals surface area contributed by atoms with Crippen LogP contribution in [0, 0.1) is 0 Å². The fourth-order valence-electron chi connectivity index (χ4n) is 4.99. The minimum Gasteiger partial charge on any atom is -0.493 e. The Morgan fingerprint density at radius 3 is 2.61 bits per heavy atom. The summed E-state index contributed by atoms with van der Waals surface area (Å²) in [7, 11) is 3.20. The molecule has 0 saturated carbocycles. The summed E-state index contributed by atoms with van der Waals surface area (Å²) in [6, 6.07) is 15.1. The molecule has 1 atom stereocenters. The van der Waals surface area contributed by atoms with Crippen LogP contribution in [0.4, 0.5) is 0 Å². The van der Waals surface area contributed by atoms with Gasteiger partial charge in [0.2, 0.25) is 0 Å². The number of H-pyrrole nitrogens is 1. The van der Waals surface area contributed by atoms with Crippen LogP contribution in [0.2, 0.25) is 0 Å². The van der Waals surface area contributed by atoms with Gasteiger partial charge >= 0.3 is 0 Å². The zero-order chi connectivity index (χ0) is 26.8. The van der Waals surface area contributed by atoms with Gasteiger partial charge in [0, 0.05) is 33.8 Å². The Labute approximate surface area is 222 Å². The van der Waals surface area contributed by atoms with E-state index in [1.807, 2.05) is 74.7 Å². The van der Waals surface area contributed by atoms with Crippen LogP contribution in [0.1, 0.15) is 40.9 Å². The molecule has 0 aliphatic carbocycles. The minimum absolute atomic E-state index is 0.183. The van der Waals surface area contributed by atoms with E-state index in [0.29, 0.717) is 35.8 Å². The summed E-state index contributed by atoms with van der Waals surface area (Å²) in [6.45, 7) is 4.18. The summed E-state index contributed by atoms with van der Waals surface area (Å²) in [5.41, 5.74) is 7.07. The lowest BCUT2D eigenvalue weighted by Crippen LogP contribution is -2.39. The average Bonchev–Trinajstić information content (AvgIpc) is 3.33. The number of carbonyl (C=O) groups excluding carboxylic acids is 1. The van der Waals surface area contributed by atoms with Crippen LogP contribution in [-0.2, 0) is 13.0 Å². The second-order valence-electron chi connectivity index (χ2n) is 9.73. The van der Waals surface area contributed by atoms with Crippen molar-refractivity contribution in [2.75, 3.05) is 20.8 Å². The molecule has 7 heteroatoms. The van der Waals surface area contributed by atoms with Gasteiger partial charge < -0.3 is 29.6 Å². The molecular weight excluding hydrogens is 480 g/mol. The van der Waals surface area contributed by atoms with E-state index in [2.05, 4.69) is 10.3 Å². The highest BCUT2D eigenvalue weighted by molar-refractivity contribution is 6.00. The zero-order valence-electron chi connectivity index (χ0n) is 22.1. The lowest BCUT2D eigenvalue weighted by Gasteiger charge is -2.24. The van der Waals surface area contributed by atoms with Crippen LogP contribution in [0.5, 0.6) is 17.2 Å². The first kappa shape index (κ1) is 25.4. The number of aliphatic hydroxyl groups is 1. The number of aromatic nitrogens is 1. The van der Waals surface area contributed by atoms with Crippen molar-refractivity contribution < 1.29 is 24.1 Å². The monoisotopic (exact) mass is 512 g/mol. The van der Waals surface area contributed by atoms with E-state index in [9.17, 15) is 9.90 Å². The molecule has 1 aliphatic rings. The number of para-hydroxylation sites is 1. The van der Waals surface area contributed by atoms with Crippen molar-refractivity contribution in [2.45, 2.75) is 32.9 Å². The highest BCUT2D eigenvalue weighted by Crippen LogP contribution is 2.44. The van der Waals surface area contributed by atoms with Crippen LogP contribution in [0.15, 0.2) is 60.3 Å². The summed E-state index contributed by atoms with van der Waals surface area (Å²) in [5.74, 6) is 1.68. The molecule has 4 aromatic rings. The Hall–Kier alpha value is -4.23. The van der Waals surface area contributed by atoms with Gasteiger partial charge in [0.1, 0.15) is 12.4 Å². The Morgan fingerprint density at radius 2 is 1.87 bits per heavy atom. The molecule has 5 rings (SSSR count). The van der Waals surface area contributed by atoms with Gasteiger partial charge in [-0.05, 0) is 67.3 Å². The topological polar surface area (TPSA) is 92.8 Å². The molecule has 3 aromatic carbocycles. The van der Waals surface area contributed by atoms with Crippen LogP contribution < -0.4 is 19.5 Å². The summed E-state index contributed by atoms with van der Waals surface area (Å²) >= 11 is 0. The number of ether oxygens (including phenoxy) is 3. The minimum atomic E-state index is -0.454. The van der Waals surface area contributed by atoms with Crippen molar-refractivity contribution in [1.82, 2.24) is 10.3 Å². The standard InChI is InChI=1S/C31H32N2O5/c1-18(2)9-19-11-28-26(24-14-30(37-4)29(36-3)12-21(24)17-38-28)13-25(19)31(35)33-22(16-34)10-20-15-32-27-8-6-5-7-23(20)27/h5-9,11-15,22,32,34H,10,16-17H2,1-4H3,(H,33,35)/t22-/m1/s1. The fourth-order valence-corrected chi connectivity index (χ4v) is 4.99. The number of allylic oxidation sites excluding steroid dienone is 1. The van der Waals surface area contributed by atoms with E-state index in [-0.39, 0.29) is 12.5 Å². The van der Waals surface area contributed by atoms with E-state index in [1.165, 1.54) is 0 Å². The van der Waals surface area contributed by atoms with Crippen molar-refractivity contribution in [3.05, 3.63) is 82.6 Å². The van der Waals surface area contributed by atoms with Crippen molar-refractivity contribution in [1.29, 1.82) is 0 Å². The first-order chi connectivity index (χ1) is 18.4. The van der Waals surface area contributed by atoms with E-state index in [0.717, 1.165) is 44.3 Å². The molecule has 3 N–H and O–H groups in total. The molecule has 0 bridgehead atoms. The highest BCUT2D eigenvalue weighted by atomic mass is 16.5. The third kappa shape index (κ3) is 4.85. The summed E-state index contributed by atoms with van der Waals surface area (Å²) in [6.07, 6.45) is 4.40. The zero-order valence-corrected chi connectivity index (χ0v) is 22.1. The quantitative estimate of drug-likeness (QED) is 0.290. The molecule has 2 heterocycles. The third-order valence-corrected chi connectivity index (χ3v) is 6.82. The Bertz CT molecular complexity index is 1530. The van der Waals surface area contributed by atoms with Gasteiger partial charge in [-0.1, -0.05) is 29.8 Å². The number of aliphatic hydroxyl groups excluding tert-OH is 1. The second-order valence-corrected chi connectivity index (χ2v) is 9.73. The predicted molar refractivity (Wildman–Crippen MR) is 149 cm³/mol.